The van der Waals surface area contributed by atoms with Crippen molar-refractivity contribution < 1.29 is 9.59 Å². The second-order valence-electron chi connectivity index (χ2n) is 9.15. The van der Waals surface area contributed by atoms with Crippen molar-refractivity contribution >= 4 is 11.8 Å². The summed E-state index contributed by atoms with van der Waals surface area (Å²) in [5.74, 6) is 0.619. The highest BCUT2D eigenvalue weighted by molar-refractivity contribution is 5.83. The van der Waals surface area contributed by atoms with Crippen molar-refractivity contribution in [1.82, 2.24) is 5.32 Å². The SMILES string of the molecule is CC1CCC(C(C)C)C(C[C@H](Cc2ccccc2)NC(=O)[C@@H](C)N)(C(N)=O)C1. The van der Waals surface area contributed by atoms with E-state index in [0.717, 1.165) is 24.8 Å². The normalized spacial score (nSPS) is 27.2. The van der Waals surface area contributed by atoms with Crippen LogP contribution in [0.25, 0.3) is 0 Å². The molecule has 0 aliphatic heterocycles. The molecule has 0 saturated heterocycles. The second-order valence-corrected chi connectivity index (χ2v) is 9.15. The Kier molecular flexibility index (Phi) is 7.64. The van der Waals surface area contributed by atoms with E-state index in [4.69, 9.17) is 11.5 Å². The highest BCUT2D eigenvalue weighted by Crippen LogP contribution is 2.50. The molecule has 1 aromatic carbocycles. The van der Waals surface area contributed by atoms with E-state index in [-0.39, 0.29) is 23.8 Å². The molecule has 1 saturated carbocycles. The van der Waals surface area contributed by atoms with Gasteiger partial charge in [0.05, 0.1) is 11.5 Å². The maximum Gasteiger partial charge on any atom is 0.236 e. The van der Waals surface area contributed by atoms with Crippen molar-refractivity contribution in [2.24, 2.45) is 34.6 Å². The van der Waals surface area contributed by atoms with Crippen LogP contribution in [0, 0.1) is 23.2 Å². The van der Waals surface area contributed by atoms with Gasteiger partial charge in [-0.05, 0) is 55.9 Å². The first-order chi connectivity index (χ1) is 13.2. The Hall–Kier alpha value is -1.88. The predicted octanol–water partition coefficient (Wildman–Crippen LogP) is 3.02. The number of nitrogens with two attached hydrogens (primary N) is 2. The van der Waals surface area contributed by atoms with Gasteiger partial charge in [-0.1, -0.05) is 57.5 Å². The van der Waals surface area contributed by atoms with Crippen molar-refractivity contribution in [3.05, 3.63) is 35.9 Å². The van der Waals surface area contributed by atoms with E-state index in [1.54, 1.807) is 6.92 Å². The fourth-order valence-corrected chi connectivity index (χ4v) is 5.05. The van der Waals surface area contributed by atoms with Gasteiger partial charge in [0.25, 0.3) is 0 Å². The van der Waals surface area contributed by atoms with Crippen molar-refractivity contribution in [2.75, 3.05) is 0 Å². The van der Waals surface area contributed by atoms with Gasteiger partial charge < -0.3 is 16.8 Å². The van der Waals surface area contributed by atoms with E-state index < -0.39 is 11.5 Å². The Morgan fingerprint density at radius 2 is 1.82 bits per heavy atom. The first kappa shape index (κ1) is 22.4. The van der Waals surface area contributed by atoms with E-state index in [0.29, 0.717) is 24.7 Å². The molecule has 1 fully saturated rings. The molecule has 1 aromatic rings. The lowest BCUT2D eigenvalue weighted by Gasteiger charge is -2.48. The zero-order valence-corrected chi connectivity index (χ0v) is 17.8. The summed E-state index contributed by atoms with van der Waals surface area (Å²) in [4.78, 5) is 25.2. The fraction of sp³-hybridized carbons (Fsp3) is 0.652. The highest BCUT2D eigenvalue weighted by atomic mass is 16.2. The van der Waals surface area contributed by atoms with E-state index in [9.17, 15) is 9.59 Å². The van der Waals surface area contributed by atoms with Gasteiger partial charge in [0.1, 0.15) is 0 Å². The van der Waals surface area contributed by atoms with Crippen molar-refractivity contribution in [3.63, 3.8) is 0 Å². The van der Waals surface area contributed by atoms with Crippen LogP contribution in [0.5, 0.6) is 0 Å². The van der Waals surface area contributed by atoms with E-state index in [2.05, 4.69) is 26.1 Å². The van der Waals surface area contributed by atoms with E-state index in [1.807, 2.05) is 30.3 Å². The Bertz CT molecular complexity index is 659. The Labute approximate surface area is 169 Å². The molecule has 0 radical (unpaired) electrons. The number of hydrogen-bond donors (Lipinski definition) is 3. The van der Waals surface area contributed by atoms with Gasteiger partial charge in [-0.25, -0.2) is 0 Å². The van der Waals surface area contributed by atoms with Gasteiger partial charge >= 0.3 is 0 Å². The van der Waals surface area contributed by atoms with Crippen LogP contribution >= 0.6 is 0 Å². The third-order valence-corrected chi connectivity index (χ3v) is 6.38. The highest BCUT2D eigenvalue weighted by Gasteiger charge is 2.49. The number of carbonyl (C=O) groups excluding carboxylic acids is 2. The molecule has 5 nitrogen and oxygen atoms in total. The third-order valence-electron chi connectivity index (χ3n) is 6.38. The second kappa shape index (κ2) is 9.55. The van der Waals surface area contributed by atoms with Gasteiger partial charge in [0.15, 0.2) is 0 Å². The number of amides is 2. The quantitative estimate of drug-likeness (QED) is 0.639. The molecule has 2 rings (SSSR count). The van der Waals surface area contributed by atoms with Crippen LogP contribution in [0.4, 0.5) is 0 Å². The summed E-state index contributed by atoms with van der Waals surface area (Å²) in [5.41, 5.74) is 12.4. The lowest BCUT2D eigenvalue weighted by Crippen LogP contribution is -2.54. The predicted molar refractivity (Wildman–Crippen MR) is 113 cm³/mol. The van der Waals surface area contributed by atoms with Crippen molar-refractivity contribution in [1.29, 1.82) is 0 Å². The molecular formula is C23H37N3O2. The molecule has 3 unspecified atom stereocenters. The summed E-state index contributed by atoms with van der Waals surface area (Å²) < 4.78 is 0. The molecule has 5 atom stereocenters. The van der Waals surface area contributed by atoms with Gasteiger partial charge in [0, 0.05) is 6.04 Å². The van der Waals surface area contributed by atoms with Crippen LogP contribution in [0.1, 0.15) is 58.9 Å². The number of nitrogens with one attached hydrogen (secondary N) is 1. The average molecular weight is 388 g/mol. The zero-order valence-electron chi connectivity index (χ0n) is 17.8. The topological polar surface area (TPSA) is 98.2 Å². The van der Waals surface area contributed by atoms with Crippen molar-refractivity contribution in [2.45, 2.75) is 71.9 Å². The van der Waals surface area contributed by atoms with Crippen LogP contribution in [0.15, 0.2) is 30.3 Å². The average Bonchev–Trinajstić information content (AvgIpc) is 2.61. The minimum Gasteiger partial charge on any atom is -0.369 e. The molecule has 0 aromatic heterocycles. The molecule has 2 amide bonds. The summed E-state index contributed by atoms with van der Waals surface area (Å²) >= 11 is 0. The molecule has 28 heavy (non-hydrogen) atoms. The molecule has 0 heterocycles. The zero-order chi connectivity index (χ0) is 20.9. The Morgan fingerprint density at radius 3 is 2.36 bits per heavy atom. The molecule has 0 bridgehead atoms. The minimum atomic E-state index is -0.601. The summed E-state index contributed by atoms with van der Waals surface area (Å²) in [6, 6.07) is 9.28. The standard InChI is InChI=1S/C23H37N3O2/c1-15(2)20-11-10-16(3)13-23(20,22(25)28)14-19(26-21(27)17(4)24)12-18-8-6-5-7-9-18/h5-9,15-17,19-20H,10-14,24H2,1-4H3,(H2,25,28)(H,26,27)/t16?,17-,19+,20?,23?/m1/s1. The number of hydrogen-bond acceptors (Lipinski definition) is 3. The van der Waals surface area contributed by atoms with Crippen LogP contribution in [-0.4, -0.2) is 23.9 Å². The largest absolute Gasteiger partial charge is 0.369 e. The first-order valence-corrected chi connectivity index (χ1v) is 10.6. The monoisotopic (exact) mass is 387 g/mol. The van der Waals surface area contributed by atoms with Gasteiger partial charge in [-0.3, -0.25) is 9.59 Å². The Morgan fingerprint density at radius 1 is 1.18 bits per heavy atom. The number of rotatable bonds is 8. The lowest BCUT2D eigenvalue weighted by molar-refractivity contribution is -0.138. The van der Waals surface area contributed by atoms with Crippen molar-refractivity contribution in [3.8, 4) is 0 Å². The van der Waals surface area contributed by atoms with E-state index >= 15 is 0 Å². The number of benzene rings is 1. The maximum atomic E-state index is 12.8. The van der Waals surface area contributed by atoms with Crippen LogP contribution in [0.3, 0.4) is 0 Å². The summed E-state index contributed by atoms with van der Waals surface area (Å²) in [6.07, 6.45) is 4.12. The van der Waals surface area contributed by atoms with Gasteiger partial charge in [-0.15, -0.1) is 0 Å². The third kappa shape index (κ3) is 5.34. The van der Waals surface area contributed by atoms with E-state index in [1.165, 1.54) is 0 Å². The molecule has 0 spiro atoms. The minimum absolute atomic E-state index is 0.181. The maximum absolute atomic E-state index is 12.8. The summed E-state index contributed by atoms with van der Waals surface area (Å²) in [7, 11) is 0. The molecule has 1 aliphatic carbocycles. The summed E-state index contributed by atoms with van der Waals surface area (Å²) in [6.45, 7) is 8.22. The smallest absolute Gasteiger partial charge is 0.236 e. The number of primary amides is 1. The van der Waals surface area contributed by atoms with Crippen LogP contribution in [-0.2, 0) is 16.0 Å². The van der Waals surface area contributed by atoms with Crippen LogP contribution < -0.4 is 16.8 Å². The van der Waals surface area contributed by atoms with Gasteiger partial charge in [0.2, 0.25) is 11.8 Å². The molecular weight excluding hydrogens is 350 g/mol. The number of carbonyl (C=O) groups is 2. The van der Waals surface area contributed by atoms with Gasteiger partial charge in [-0.2, -0.15) is 0 Å². The first-order valence-electron chi connectivity index (χ1n) is 10.6. The Balaban J connectivity index is 2.35. The van der Waals surface area contributed by atoms with Crippen LogP contribution in [0.2, 0.25) is 0 Å². The molecule has 1 aliphatic rings. The molecule has 156 valence electrons. The lowest BCUT2D eigenvalue weighted by atomic mass is 9.57. The summed E-state index contributed by atoms with van der Waals surface area (Å²) in [5, 5.41) is 3.09. The molecule has 5 heteroatoms. The molecule has 5 N–H and O–H groups in total. The fourth-order valence-electron chi connectivity index (χ4n) is 5.05.